The van der Waals surface area contributed by atoms with Gasteiger partial charge in [0.25, 0.3) is 0 Å². The van der Waals surface area contributed by atoms with E-state index in [-0.39, 0.29) is 6.03 Å². The lowest BCUT2D eigenvalue weighted by molar-refractivity contribution is 0.188. The van der Waals surface area contributed by atoms with Gasteiger partial charge in [0.2, 0.25) is 0 Å². The minimum absolute atomic E-state index is 0.171. The predicted octanol–water partition coefficient (Wildman–Crippen LogP) is 5.39. The van der Waals surface area contributed by atoms with Gasteiger partial charge in [-0.25, -0.2) is 4.79 Å². The van der Waals surface area contributed by atoms with Gasteiger partial charge in [-0.05, 0) is 68.0 Å². The smallest absolute Gasteiger partial charge is 0.324 e. The molecule has 0 unspecified atom stereocenters. The number of anilines is 2. The Morgan fingerprint density at radius 2 is 1.57 bits per heavy atom. The summed E-state index contributed by atoms with van der Waals surface area (Å²) in [5.74, 6) is 0.714. The molecule has 0 spiro atoms. The van der Waals surface area contributed by atoms with Crippen LogP contribution < -0.4 is 9.80 Å². The number of para-hydroxylation sites is 1. The van der Waals surface area contributed by atoms with E-state index in [1.54, 1.807) is 0 Å². The molecule has 148 valence electrons. The lowest BCUT2D eigenvalue weighted by Gasteiger charge is -2.38. The maximum Gasteiger partial charge on any atom is 0.324 e. The minimum Gasteiger partial charge on any atom is -0.372 e. The molecule has 4 nitrogen and oxygen atoms in total. The fourth-order valence-electron chi connectivity index (χ4n) is 4.31. The summed E-state index contributed by atoms with van der Waals surface area (Å²) in [4.78, 5) is 19.4. The van der Waals surface area contributed by atoms with E-state index in [4.69, 9.17) is 0 Å². The quantitative estimate of drug-likeness (QED) is 0.621. The molecular formula is C23H28BrN3O. The average Bonchev–Trinajstić information content (AvgIpc) is 2.75. The number of amides is 2. The summed E-state index contributed by atoms with van der Waals surface area (Å²) in [7, 11) is 0. The zero-order valence-corrected chi connectivity index (χ0v) is 17.9. The summed E-state index contributed by atoms with van der Waals surface area (Å²) in [6.07, 6.45) is 4.58. The van der Waals surface area contributed by atoms with E-state index in [1.807, 2.05) is 35.2 Å². The molecule has 0 radical (unpaired) electrons. The third-order valence-corrected chi connectivity index (χ3v) is 6.52. The molecule has 0 N–H and O–H groups in total. The highest BCUT2D eigenvalue weighted by Crippen LogP contribution is 2.27. The molecule has 2 fully saturated rings. The molecule has 2 aliphatic rings. The Bertz CT molecular complexity index is 772. The van der Waals surface area contributed by atoms with Crippen LogP contribution in [-0.2, 0) is 0 Å². The van der Waals surface area contributed by atoms with Gasteiger partial charge in [0.05, 0.1) is 0 Å². The minimum atomic E-state index is 0.171. The van der Waals surface area contributed by atoms with Crippen molar-refractivity contribution in [3.8, 4) is 0 Å². The Balaban J connectivity index is 1.27. The van der Waals surface area contributed by atoms with Crippen LogP contribution in [0.25, 0.3) is 0 Å². The van der Waals surface area contributed by atoms with Gasteiger partial charge in [-0.15, -0.1) is 0 Å². The topological polar surface area (TPSA) is 26.8 Å². The number of carbonyl (C=O) groups excluding carboxylic acids is 1. The number of halogens is 1. The number of rotatable bonds is 5. The highest BCUT2D eigenvalue weighted by atomic mass is 79.9. The molecule has 2 aliphatic heterocycles. The van der Waals surface area contributed by atoms with Crippen LogP contribution in [0.4, 0.5) is 16.2 Å². The van der Waals surface area contributed by atoms with Gasteiger partial charge >= 0.3 is 6.03 Å². The Labute approximate surface area is 176 Å². The molecule has 2 amide bonds. The first kappa shape index (κ1) is 19.3. The van der Waals surface area contributed by atoms with Gasteiger partial charge in [0, 0.05) is 48.6 Å². The molecular weight excluding hydrogens is 414 g/mol. The third-order valence-electron chi connectivity index (χ3n) is 5.99. The number of nitrogens with zero attached hydrogens (tertiary/aromatic N) is 3. The maximum atomic E-state index is 12.9. The maximum absolute atomic E-state index is 12.9. The number of piperidine rings is 1. The van der Waals surface area contributed by atoms with Crippen LogP contribution in [0.5, 0.6) is 0 Å². The zero-order valence-electron chi connectivity index (χ0n) is 16.3. The highest BCUT2D eigenvalue weighted by molar-refractivity contribution is 9.10. The number of urea groups is 1. The summed E-state index contributed by atoms with van der Waals surface area (Å²) < 4.78 is 1.13. The number of carbonyl (C=O) groups is 1. The first-order valence-electron chi connectivity index (χ1n) is 10.3. The second-order valence-corrected chi connectivity index (χ2v) is 8.72. The Hall–Kier alpha value is -2.01. The second-order valence-electron chi connectivity index (χ2n) is 7.81. The molecule has 28 heavy (non-hydrogen) atoms. The van der Waals surface area contributed by atoms with Gasteiger partial charge in [0.15, 0.2) is 0 Å². The van der Waals surface area contributed by atoms with E-state index in [0.717, 1.165) is 55.7 Å². The van der Waals surface area contributed by atoms with Gasteiger partial charge < -0.3 is 9.80 Å². The molecule has 2 heterocycles. The van der Waals surface area contributed by atoms with Crippen LogP contribution in [0.2, 0.25) is 0 Å². The molecule has 2 aromatic rings. The Morgan fingerprint density at radius 3 is 2.29 bits per heavy atom. The standard InChI is InChI=1S/C23H28BrN3O/c24-20-7-9-21(10-8-20)25-16-11-19(12-17-25)13-18-26-14-4-15-27(23(26)28)22-5-2-1-3-6-22/h1-3,5-10,19H,4,11-18H2. The number of hydrogen-bond donors (Lipinski definition) is 0. The van der Waals surface area contributed by atoms with Crippen LogP contribution in [0.15, 0.2) is 59.1 Å². The van der Waals surface area contributed by atoms with E-state index >= 15 is 0 Å². The van der Waals surface area contributed by atoms with Gasteiger partial charge in [0.1, 0.15) is 0 Å². The Morgan fingerprint density at radius 1 is 0.857 bits per heavy atom. The monoisotopic (exact) mass is 441 g/mol. The largest absolute Gasteiger partial charge is 0.372 e. The molecule has 0 bridgehead atoms. The van der Waals surface area contributed by atoms with Crippen molar-refractivity contribution >= 4 is 33.3 Å². The fourth-order valence-corrected chi connectivity index (χ4v) is 4.57. The van der Waals surface area contributed by atoms with Gasteiger partial charge in [-0.3, -0.25) is 4.90 Å². The first-order valence-corrected chi connectivity index (χ1v) is 11.1. The van der Waals surface area contributed by atoms with E-state index in [2.05, 4.69) is 50.0 Å². The number of hydrogen-bond acceptors (Lipinski definition) is 2. The van der Waals surface area contributed by atoms with Crippen molar-refractivity contribution in [2.75, 3.05) is 42.5 Å². The summed E-state index contributed by atoms with van der Waals surface area (Å²) in [5.41, 5.74) is 2.33. The molecule has 2 saturated heterocycles. The van der Waals surface area contributed by atoms with E-state index in [0.29, 0.717) is 5.92 Å². The van der Waals surface area contributed by atoms with Gasteiger partial charge in [-0.1, -0.05) is 34.1 Å². The normalized spacial score (nSPS) is 18.6. The van der Waals surface area contributed by atoms with Crippen molar-refractivity contribution in [3.63, 3.8) is 0 Å². The van der Waals surface area contributed by atoms with Crippen molar-refractivity contribution in [2.24, 2.45) is 5.92 Å². The van der Waals surface area contributed by atoms with Crippen molar-refractivity contribution in [1.82, 2.24) is 4.90 Å². The summed E-state index contributed by atoms with van der Waals surface area (Å²) in [5, 5.41) is 0. The lowest BCUT2D eigenvalue weighted by atomic mass is 9.93. The van der Waals surface area contributed by atoms with Crippen molar-refractivity contribution < 1.29 is 4.79 Å². The molecule has 0 aliphatic carbocycles. The van der Waals surface area contributed by atoms with Crippen LogP contribution in [0, 0.1) is 5.92 Å². The SMILES string of the molecule is O=C1N(CCC2CCN(c3ccc(Br)cc3)CC2)CCCN1c1ccccc1. The number of benzene rings is 2. The van der Waals surface area contributed by atoms with Crippen molar-refractivity contribution in [1.29, 1.82) is 0 Å². The molecule has 0 atom stereocenters. The lowest BCUT2D eigenvalue weighted by Crippen LogP contribution is -2.50. The summed E-state index contributed by atoms with van der Waals surface area (Å²) >= 11 is 3.51. The Kier molecular flexibility index (Phi) is 6.20. The molecule has 2 aromatic carbocycles. The van der Waals surface area contributed by atoms with Crippen molar-refractivity contribution in [2.45, 2.75) is 25.7 Å². The summed E-state index contributed by atoms with van der Waals surface area (Å²) in [6, 6.07) is 18.8. The highest BCUT2D eigenvalue weighted by Gasteiger charge is 2.27. The van der Waals surface area contributed by atoms with E-state index < -0.39 is 0 Å². The van der Waals surface area contributed by atoms with Crippen LogP contribution in [0.3, 0.4) is 0 Å². The van der Waals surface area contributed by atoms with Crippen LogP contribution in [-0.4, -0.2) is 43.7 Å². The van der Waals surface area contributed by atoms with Crippen LogP contribution >= 0.6 is 15.9 Å². The molecule has 0 aromatic heterocycles. The fraction of sp³-hybridized carbons (Fsp3) is 0.435. The molecule has 4 rings (SSSR count). The predicted molar refractivity (Wildman–Crippen MR) is 119 cm³/mol. The summed E-state index contributed by atoms with van der Waals surface area (Å²) in [6.45, 7) is 4.81. The molecule has 5 heteroatoms. The zero-order chi connectivity index (χ0) is 19.3. The van der Waals surface area contributed by atoms with Crippen LogP contribution in [0.1, 0.15) is 25.7 Å². The first-order chi connectivity index (χ1) is 13.7. The van der Waals surface area contributed by atoms with Crippen molar-refractivity contribution in [3.05, 3.63) is 59.1 Å². The van der Waals surface area contributed by atoms with E-state index in [9.17, 15) is 4.79 Å². The molecule has 0 saturated carbocycles. The van der Waals surface area contributed by atoms with Gasteiger partial charge in [-0.2, -0.15) is 0 Å². The second kappa shape index (κ2) is 8.99. The average molecular weight is 442 g/mol. The third kappa shape index (κ3) is 4.52. The van der Waals surface area contributed by atoms with E-state index in [1.165, 1.54) is 18.5 Å².